The Labute approximate surface area is 505 Å². The molecule has 0 fully saturated rings. The molecule has 3 N–H and O–H groups in total. The molecule has 492 valence electrons. The molecule has 2 unspecified atom stereocenters. The van der Waals surface area contributed by atoms with Crippen LogP contribution in [0.15, 0.2) is 0 Å². The number of hydrogen-bond acceptors (Lipinski definition) is 15. The molecule has 0 heterocycles. The van der Waals surface area contributed by atoms with Gasteiger partial charge < -0.3 is 33.8 Å². The van der Waals surface area contributed by atoms with Crippen LogP contribution in [0.5, 0.6) is 0 Å². The van der Waals surface area contributed by atoms with E-state index in [2.05, 4.69) is 41.5 Å². The van der Waals surface area contributed by atoms with Crippen molar-refractivity contribution < 1.29 is 80.2 Å². The Balaban J connectivity index is 5.17. The van der Waals surface area contributed by atoms with Crippen molar-refractivity contribution in [2.45, 2.75) is 336 Å². The summed E-state index contributed by atoms with van der Waals surface area (Å²) in [6.45, 7) is 9.41. The molecule has 0 amide bonds. The topological polar surface area (TPSA) is 237 Å². The third-order valence-corrected chi connectivity index (χ3v) is 16.6. The van der Waals surface area contributed by atoms with E-state index < -0.39 is 97.5 Å². The Bertz CT molecular complexity index is 1630. The minimum Gasteiger partial charge on any atom is -0.462 e. The molecule has 17 nitrogen and oxygen atoms in total. The van der Waals surface area contributed by atoms with E-state index in [-0.39, 0.29) is 25.7 Å². The van der Waals surface area contributed by atoms with Crippen molar-refractivity contribution in [2.24, 2.45) is 11.8 Å². The number of carbonyl (C=O) groups is 4. The van der Waals surface area contributed by atoms with Crippen molar-refractivity contribution in [3.63, 3.8) is 0 Å². The average Bonchev–Trinajstić information content (AvgIpc) is 3.46. The molecule has 0 bridgehead atoms. The number of carbonyl (C=O) groups excluding carboxylic acids is 4. The highest BCUT2D eigenvalue weighted by molar-refractivity contribution is 7.47. The Morgan fingerprint density at radius 1 is 0.325 bits per heavy atom. The maximum Gasteiger partial charge on any atom is 0.472 e. The minimum atomic E-state index is -4.94. The fraction of sp³-hybridized carbons (Fsp3) is 0.938. The van der Waals surface area contributed by atoms with Gasteiger partial charge in [-0.05, 0) is 37.5 Å². The van der Waals surface area contributed by atoms with E-state index in [1.165, 1.54) is 116 Å². The molecule has 5 atom stereocenters. The lowest BCUT2D eigenvalue weighted by Gasteiger charge is -2.21. The summed E-state index contributed by atoms with van der Waals surface area (Å²) in [5.74, 6) is -0.639. The zero-order chi connectivity index (χ0) is 61.5. The molecular weight excluding hydrogens is 1100 g/mol. The van der Waals surface area contributed by atoms with E-state index in [0.29, 0.717) is 31.6 Å². The van der Waals surface area contributed by atoms with Crippen LogP contribution >= 0.6 is 15.6 Å². The van der Waals surface area contributed by atoms with Gasteiger partial charge in [-0.2, -0.15) is 0 Å². The van der Waals surface area contributed by atoms with Crippen molar-refractivity contribution in [2.75, 3.05) is 39.6 Å². The zero-order valence-corrected chi connectivity index (χ0v) is 55.3. The van der Waals surface area contributed by atoms with Crippen LogP contribution in [0.4, 0.5) is 0 Å². The monoisotopic (exact) mass is 1230 g/mol. The first kappa shape index (κ1) is 81.1. The van der Waals surface area contributed by atoms with Crippen LogP contribution < -0.4 is 0 Å². The van der Waals surface area contributed by atoms with Gasteiger partial charge in [0.1, 0.15) is 19.3 Å². The molecule has 0 saturated heterocycles. The average molecular weight is 1230 g/mol. The fourth-order valence-electron chi connectivity index (χ4n) is 9.53. The summed E-state index contributed by atoms with van der Waals surface area (Å²) >= 11 is 0. The van der Waals surface area contributed by atoms with E-state index in [1.54, 1.807) is 0 Å². The molecule has 0 aromatic heterocycles. The number of hydrogen-bond donors (Lipinski definition) is 3. The minimum absolute atomic E-state index is 0.105. The van der Waals surface area contributed by atoms with Gasteiger partial charge in [-0.25, -0.2) is 9.13 Å². The highest BCUT2D eigenvalue weighted by Gasteiger charge is 2.30. The van der Waals surface area contributed by atoms with Gasteiger partial charge >= 0.3 is 39.5 Å². The second-order valence-electron chi connectivity index (χ2n) is 24.1. The van der Waals surface area contributed by atoms with Crippen LogP contribution in [0.1, 0.15) is 318 Å². The second kappa shape index (κ2) is 56.6. The maximum atomic E-state index is 13.0. The van der Waals surface area contributed by atoms with E-state index in [0.717, 1.165) is 115 Å². The third-order valence-electron chi connectivity index (χ3n) is 14.7. The number of esters is 4. The van der Waals surface area contributed by atoms with Gasteiger partial charge in [-0.1, -0.05) is 266 Å². The molecular formula is C64H124O17P2. The zero-order valence-electron chi connectivity index (χ0n) is 53.5. The van der Waals surface area contributed by atoms with E-state index in [1.807, 2.05) is 0 Å². The Morgan fingerprint density at radius 3 is 0.819 bits per heavy atom. The first-order valence-electron chi connectivity index (χ1n) is 33.5. The van der Waals surface area contributed by atoms with Gasteiger partial charge in [-0.3, -0.25) is 37.3 Å². The number of aliphatic hydroxyl groups is 1. The van der Waals surface area contributed by atoms with Gasteiger partial charge in [0.05, 0.1) is 26.4 Å². The molecule has 0 spiro atoms. The number of aliphatic hydroxyl groups excluding tert-OH is 1. The van der Waals surface area contributed by atoms with Crippen LogP contribution in [0.2, 0.25) is 0 Å². The predicted molar refractivity (Wildman–Crippen MR) is 331 cm³/mol. The molecule has 0 rings (SSSR count). The lowest BCUT2D eigenvalue weighted by molar-refractivity contribution is -0.161. The largest absolute Gasteiger partial charge is 0.472 e. The summed E-state index contributed by atoms with van der Waals surface area (Å²) in [6.07, 6.45) is 39.2. The van der Waals surface area contributed by atoms with Crippen molar-refractivity contribution >= 4 is 39.5 Å². The predicted octanol–water partition coefficient (Wildman–Crippen LogP) is 17.7. The first-order valence-corrected chi connectivity index (χ1v) is 36.5. The van der Waals surface area contributed by atoms with Gasteiger partial charge in [0.25, 0.3) is 0 Å². The standard InChI is InChI=1S/C64H124O17P2/c1-7-9-11-13-15-22-29-36-42-48-63(68)80-59(52-74-61(66)46-40-34-26-14-12-10-8-2)54-78-82(70,71)76-50-58(65)51-77-83(72,73)79-55-60(53-75-62(67)47-41-35-31-25-28-33-39-45-57(5)6)81-64(69)49-43-37-30-24-21-19-17-16-18-20-23-27-32-38-44-56(3)4/h56-60,65H,7-55H2,1-6H3,(H,70,71)(H,72,73)/t58-,59+,60+/m0/s1. The summed E-state index contributed by atoms with van der Waals surface area (Å²) in [6, 6.07) is 0. The smallest absolute Gasteiger partial charge is 0.462 e. The number of phosphoric ester groups is 2. The van der Waals surface area contributed by atoms with E-state index >= 15 is 0 Å². The first-order chi connectivity index (χ1) is 39.9. The molecule has 0 aliphatic carbocycles. The number of phosphoric acid groups is 2. The summed E-state index contributed by atoms with van der Waals surface area (Å²) < 4.78 is 67.9. The van der Waals surface area contributed by atoms with Crippen LogP contribution in [0.3, 0.4) is 0 Å². The summed E-state index contributed by atoms with van der Waals surface area (Å²) in [5.41, 5.74) is 0. The summed E-state index contributed by atoms with van der Waals surface area (Å²) in [5, 5.41) is 10.5. The maximum absolute atomic E-state index is 13.0. The molecule has 83 heavy (non-hydrogen) atoms. The van der Waals surface area contributed by atoms with Crippen LogP contribution in [0.25, 0.3) is 0 Å². The number of rotatable bonds is 63. The van der Waals surface area contributed by atoms with E-state index in [9.17, 15) is 43.2 Å². The van der Waals surface area contributed by atoms with Crippen molar-refractivity contribution in [1.82, 2.24) is 0 Å². The van der Waals surface area contributed by atoms with Gasteiger partial charge in [0.2, 0.25) is 0 Å². The molecule has 0 aromatic rings. The Morgan fingerprint density at radius 2 is 0.554 bits per heavy atom. The molecule has 0 aliphatic heterocycles. The van der Waals surface area contributed by atoms with Crippen LogP contribution in [0, 0.1) is 11.8 Å². The quantitative estimate of drug-likeness (QED) is 0.0222. The van der Waals surface area contributed by atoms with Crippen molar-refractivity contribution in [3.8, 4) is 0 Å². The van der Waals surface area contributed by atoms with Crippen LogP contribution in [-0.2, 0) is 65.4 Å². The summed E-state index contributed by atoms with van der Waals surface area (Å²) in [7, 11) is -9.88. The van der Waals surface area contributed by atoms with Gasteiger partial charge in [-0.15, -0.1) is 0 Å². The lowest BCUT2D eigenvalue weighted by atomic mass is 10.0. The molecule has 0 saturated carbocycles. The fourth-order valence-corrected chi connectivity index (χ4v) is 11.1. The van der Waals surface area contributed by atoms with E-state index in [4.69, 9.17) is 37.0 Å². The highest BCUT2D eigenvalue weighted by Crippen LogP contribution is 2.45. The molecule has 19 heteroatoms. The van der Waals surface area contributed by atoms with Crippen molar-refractivity contribution in [1.29, 1.82) is 0 Å². The SMILES string of the molecule is CCCCCCCCCCCC(=O)O[C@H](COC(=O)CCCCCCCCC)COP(=O)(O)OC[C@H](O)COP(=O)(O)OC[C@@H](COC(=O)CCCCCCCCCC(C)C)OC(=O)CCCCCCCCCCCCCCCCC(C)C. The Hall–Kier alpha value is -1.94. The lowest BCUT2D eigenvalue weighted by Crippen LogP contribution is -2.30. The van der Waals surface area contributed by atoms with Crippen LogP contribution in [-0.4, -0.2) is 96.7 Å². The molecule has 0 aromatic carbocycles. The molecule has 0 radical (unpaired) electrons. The molecule has 0 aliphatic rings. The number of ether oxygens (including phenoxy) is 4. The summed E-state index contributed by atoms with van der Waals surface area (Å²) in [4.78, 5) is 72.0. The van der Waals surface area contributed by atoms with Gasteiger partial charge in [0, 0.05) is 25.7 Å². The highest BCUT2D eigenvalue weighted by atomic mass is 31.2. The van der Waals surface area contributed by atoms with Crippen molar-refractivity contribution in [3.05, 3.63) is 0 Å². The normalized spacial score (nSPS) is 14.3. The van der Waals surface area contributed by atoms with Gasteiger partial charge in [0.15, 0.2) is 12.2 Å². The Kier molecular flexibility index (Phi) is 55.2. The number of unbranched alkanes of at least 4 members (excludes halogenated alkanes) is 33. The second-order valence-corrected chi connectivity index (χ2v) is 27.0. The third kappa shape index (κ3) is 58.8.